The molecule has 0 aromatic heterocycles. The van der Waals surface area contributed by atoms with E-state index in [2.05, 4.69) is 4.74 Å². The minimum absolute atomic E-state index is 0.00198. The highest BCUT2D eigenvalue weighted by Crippen LogP contribution is 2.35. The van der Waals surface area contributed by atoms with Crippen molar-refractivity contribution in [2.24, 2.45) is 0 Å². The van der Waals surface area contributed by atoms with Crippen LogP contribution in [0.15, 0.2) is 18.2 Å². The zero-order chi connectivity index (χ0) is 26.0. The number of nitrogens with zero attached hydrogens (tertiary/aromatic N) is 3. The minimum atomic E-state index is -5.51. The third-order valence-electron chi connectivity index (χ3n) is 5.76. The summed E-state index contributed by atoms with van der Waals surface area (Å²) in [5.74, 6) is -6.93. The largest absolute Gasteiger partial charge is 0.491 e. The molecule has 2 aliphatic rings. The fourth-order valence-electron chi connectivity index (χ4n) is 3.91. The molecule has 2 aliphatic heterocycles. The predicted octanol–water partition coefficient (Wildman–Crippen LogP) is 2.76. The number of esters is 2. The van der Waals surface area contributed by atoms with Crippen LogP contribution in [0, 0.1) is 0 Å². The second-order valence-electron chi connectivity index (χ2n) is 8.18. The lowest BCUT2D eigenvalue weighted by Crippen LogP contribution is -2.50. The van der Waals surface area contributed by atoms with Gasteiger partial charge in [-0.25, -0.2) is 9.59 Å². The molecule has 0 N–H and O–H groups in total. The Morgan fingerprint density at radius 2 is 1.57 bits per heavy atom. The quantitative estimate of drug-likeness (QED) is 0.350. The van der Waals surface area contributed by atoms with Crippen LogP contribution in [0.3, 0.4) is 0 Å². The van der Waals surface area contributed by atoms with E-state index in [4.69, 9.17) is 4.74 Å². The maximum absolute atomic E-state index is 13.5. The summed E-state index contributed by atoms with van der Waals surface area (Å²) in [4.78, 5) is 40.5. The Balaban J connectivity index is 2.08. The van der Waals surface area contributed by atoms with Crippen LogP contribution in [0.2, 0.25) is 0 Å². The van der Waals surface area contributed by atoms with Crippen molar-refractivity contribution in [1.29, 1.82) is 0 Å². The summed E-state index contributed by atoms with van der Waals surface area (Å²) in [5.41, 5.74) is -1.04. The van der Waals surface area contributed by atoms with Crippen LogP contribution in [0.4, 0.5) is 37.7 Å². The zero-order valence-corrected chi connectivity index (χ0v) is 18.6. The van der Waals surface area contributed by atoms with Gasteiger partial charge in [0.25, 0.3) is 0 Å². The van der Waals surface area contributed by atoms with E-state index in [0.29, 0.717) is 36.8 Å². The van der Waals surface area contributed by atoms with Gasteiger partial charge in [-0.1, -0.05) is 0 Å². The molecule has 1 amide bonds. The van der Waals surface area contributed by atoms with E-state index in [9.17, 15) is 40.7 Å². The van der Waals surface area contributed by atoms with Crippen LogP contribution in [0.5, 0.6) is 0 Å². The molecule has 2 fully saturated rings. The SMILES string of the molecule is CN1CCN(c2ccc(N(C(=O)C(F)(F)F)C3CCOCC3)c(C(=O)OC(=O)C(F)(F)F)c2)CC1. The van der Waals surface area contributed by atoms with Crippen molar-refractivity contribution in [3.8, 4) is 0 Å². The number of amides is 1. The summed E-state index contributed by atoms with van der Waals surface area (Å²) < 4.78 is 87.6. The Hall–Kier alpha value is -2.87. The summed E-state index contributed by atoms with van der Waals surface area (Å²) in [5, 5.41) is 0. The van der Waals surface area contributed by atoms with Gasteiger partial charge in [-0.05, 0) is 38.1 Å². The first-order valence-corrected chi connectivity index (χ1v) is 10.7. The molecule has 1 aromatic carbocycles. The Bertz CT molecular complexity index is 954. The average Bonchev–Trinajstić information content (AvgIpc) is 2.79. The molecule has 3 rings (SSSR count). The maximum Gasteiger partial charge on any atom is 0.491 e. The van der Waals surface area contributed by atoms with Gasteiger partial charge in [0, 0.05) is 51.1 Å². The third-order valence-corrected chi connectivity index (χ3v) is 5.76. The fraction of sp³-hybridized carbons (Fsp3) is 0.571. The molecule has 0 unspecified atom stereocenters. The summed E-state index contributed by atoms with van der Waals surface area (Å²) in [7, 11) is 1.88. The highest BCUT2D eigenvalue weighted by atomic mass is 19.4. The molecule has 0 saturated carbocycles. The van der Waals surface area contributed by atoms with Gasteiger partial charge in [-0.3, -0.25) is 4.79 Å². The fourth-order valence-corrected chi connectivity index (χ4v) is 3.91. The van der Waals surface area contributed by atoms with Crippen LogP contribution >= 0.6 is 0 Å². The number of piperazine rings is 1. The molecule has 2 saturated heterocycles. The van der Waals surface area contributed by atoms with Crippen molar-refractivity contribution in [2.75, 3.05) is 56.2 Å². The summed E-state index contributed by atoms with van der Waals surface area (Å²) in [6.07, 6.45) is -10.8. The summed E-state index contributed by atoms with van der Waals surface area (Å²) >= 11 is 0. The molecule has 0 aliphatic carbocycles. The van der Waals surface area contributed by atoms with Crippen LogP contribution in [-0.4, -0.2) is 87.6 Å². The molecule has 0 spiro atoms. The van der Waals surface area contributed by atoms with Gasteiger partial charge in [0.1, 0.15) is 0 Å². The summed E-state index contributed by atoms with van der Waals surface area (Å²) in [6, 6.07) is 2.43. The second kappa shape index (κ2) is 10.4. The van der Waals surface area contributed by atoms with Crippen LogP contribution in [-0.2, 0) is 19.1 Å². The zero-order valence-electron chi connectivity index (χ0n) is 18.6. The number of alkyl halides is 6. The number of carbonyl (C=O) groups excluding carboxylic acids is 3. The average molecular weight is 511 g/mol. The van der Waals surface area contributed by atoms with Crippen molar-refractivity contribution in [3.05, 3.63) is 23.8 Å². The Morgan fingerprint density at radius 3 is 2.11 bits per heavy atom. The third kappa shape index (κ3) is 6.42. The highest BCUT2D eigenvalue weighted by molar-refractivity contribution is 6.07. The van der Waals surface area contributed by atoms with Gasteiger partial charge in [-0.2, -0.15) is 26.3 Å². The van der Waals surface area contributed by atoms with Crippen molar-refractivity contribution >= 4 is 29.2 Å². The lowest BCUT2D eigenvalue weighted by Gasteiger charge is -2.37. The van der Waals surface area contributed by atoms with Crippen LogP contribution < -0.4 is 9.80 Å². The maximum atomic E-state index is 13.5. The van der Waals surface area contributed by atoms with E-state index in [-0.39, 0.29) is 26.1 Å². The van der Waals surface area contributed by atoms with Crippen LogP contribution in [0.25, 0.3) is 0 Å². The molecule has 35 heavy (non-hydrogen) atoms. The van der Waals surface area contributed by atoms with E-state index in [1.165, 1.54) is 6.07 Å². The minimum Gasteiger partial charge on any atom is -0.383 e. The normalized spacial score (nSPS) is 18.3. The number of ether oxygens (including phenoxy) is 2. The van der Waals surface area contributed by atoms with Crippen molar-refractivity contribution in [3.63, 3.8) is 0 Å². The second-order valence-corrected chi connectivity index (χ2v) is 8.18. The molecule has 8 nitrogen and oxygen atoms in total. The number of hydrogen-bond donors (Lipinski definition) is 0. The molecule has 194 valence electrons. The molecule has 1 aromatic rings. The van der Waals surface area contributed by atoms with Crippen LogP contribution in [0.1, 0.15) is 23.2 Å². The first-order valence-electron chi connectivity index (χ1n) is 10.7. The first-order chi connectivity index (χ1) is 16.3. The van der Waals surface area contributed by atoms with E-state index < -0.39 is 47.5 Å². The van der Waals surface area contributed by atoms with Gasteiger partial charge in [0.05, 0.1) is 11.3 Å². The molecule has 0 bridgehead atoms. The lowest BCUT2D eigenvalue weighted by atomic mass is 10.0. The van der Waals surface area contributed by atoms with E-state index >= 15 is 0 Å². The summed E-state index contributed by atoms with van der Waals surface area (Å²) in [6.45, 7) is 2.26. The number of halogens is 6. The molecule has 0 atom stereocenters. The van der Waals surface area contributed by atoms with Gasteiger partial charge < -0.3 is 24.2 Å². The van der Waals surface area contributed by atoms with Crippen molar-refractivity contribution in [2.45, 2.75) is 31.2 Å². The molecular formula is C21H23F6N3O5. The topological polar surface area (TPSA) is 79.4 Å². The highest BCUT2D eigenvalue weighted by Gasteiger charge is 2.47. The van der Waals surface area contributed by atoms with Gasteiger partial charge in [-0.15, -0.1) is 0 Å². The monoisotopic (exact) mass is 511 g/mol. The standard InChI is InChI=1S/C21H23F6N3O5/c1-28-6-8-29(9-7-28)14-2-3-16(15(12-14)17(31)35-19(33)21(25,26)27)30(18(32)20(22,23)24)13-4-10-34-11-5-13/h2-3,12-13H,4-11H2,1H3. The van der Waals surface area contributed by atoms with Gasteiger partial charge >= 0.3 is 30.2 Å². The first kappa shape index (κ1) is 26.7. The predicted molar refractivity (Wildman–Crippen MR) is 110 cm³/mol. The van der Waals surface area contributed by atoms with E-state index in [0.717, 1.165) is 12.1 Å². The number of hydrogen-bond acceptors (Lipinski definition) is 7. The molecule has 0 radical (unpaired) electrons. The Labute approximate surface area is 196 Å². The number of benzene rings is 1. The van der Waals surface area contributed by atoms with E-state index in [1.54, 1.807) is 4.90 Å². The number of anilines is 2. The Morgan fingerprint density at radius 1 is 0.971 bits per heavy atom. The number of likely N-dealkylation sites (N-methyl/N-ethyl adjacent to an activating group) is 1. The van der Waals surface area contributed by atoms with Gasteiger partial charge in [0.2, 0.25) is 0 Å². The molecule has 2 heterocycles. The number of carbonyl (C=O) groups is 3. The smallest absolute Gasteiger partial charge is 0.383 e. The van der Waals surface area contributed by atoms with Crippen molar-refractivity contribution < 1.29 is 50.2 Å². The number of rotatable bonds is 4. The van der Waals surface area contributed by atoms with Crippen molar-refractivity contribution in [1.82, 2.24) is 4.90 Å². The van der Waals surface area contributed by atoms with Gasteiger partial charge in [0.15, 0.2) is 0 Å². The Kier molecular flexibility index (Phi) is 7.94. The molecular weight excluding hydrogens is 488 g/mol. The van der Waals surface area contributed by atoms with E-state index in [1.807, 2.05) is 11.9 Å². The lowest BCUT2D eigenvalue weighted by molar-refractivity contribution is -0.193. The molecule has 14 heteroatoms.